The smallest absolute Gasteiger partial charge is 0.324 e. The van der Waals surface area contributed by atoms with Crippen LogP contribution in [0.2, 0.25) is 0 Å². The number of nitrogens with one attached hydrogen (secondary N) is 1. The molecule has 0 aliphatic rings. The first-order valence-corrected chi connectivity index (χ1v) is 9.76. The summed E-state index contributed by atoms with van der Waals surface area (Å²) in [6, 6.07) is 12.3. The number of anilines is 1. The van der Waals surface area contributed by atoms with Gasteiger partial charge in [0.25, 0.3) is 5.56 Å². The number of alkyl halides is 3. The Labute approximate surface area is 177 Å². The van der Waals surface area contributed by atoms with Gasteiger partial charge in [0, 0.05) is 11.6 Å². The lowest BCUT2D eigenvalue weighted by Gasteiger charge is -2.19. The Morgan fingerprint density at radius 2 is 1.81 bits per heavy atom. The molecule has 1 unspecified atom stereocenters. The number of hydrogen-bond donors (Lipinski definition) is 1. The first kappa shape index (κ1) is 22.3. The van der Waals surface area contributed by atoms with Crippen LogP contribution >= 0.6 is 0 Å². The van der Waals surface area contributed by atoms with Crippen LogP contribution in [0.5, 0.6) is 0 Å². The van der Waals surface area contributed by atoms with Crippen molar-refractivity contribution in [3.8, 4) is 11.3 Å². The van der Waals surface area contributed by atoms with Crippen molar-refractivity contribution in [2.45, 2.75) is 39.4 Å². The highest BCUT2D eigenvalue weighted by molar-refractivity contribution is 5.94. The summed E-state index contributed by atoms with van der Waals surface area (Å²) in [4.78, 5) is 25.3. The van der Waals surface area contributed by atoms with Crippen LogP contribution in [0.1, 0.15) is 36.1 Å². The van der Waals surface area contributed by atoms with Gasteiger partial charge in [-0.25, -0.2) is 4.68 Å². The number of amides is 1. The standard InChI is InChI=1S/C23H22F3N3O2/c1-4-20(22(31)27-19-8-6-5-7-17(19)23(24,25)26)29-21(30)12-11-18(28-29)16-13-14(2)9-10-15(16)3/h5-13,20H,4H2,1-3H3,(H,27,31). The van der Waals surface area contributed by atoms with Crippen LogP contribution in [0.15, 0.2) is 59.4 Å². The molecule has 162 valence electrons. The maximum absolute atomic E-state index is 13.3. The first-order valence-electron chi connectivity index (χ1n) is 9.76. The summed E-state index contributed by atoms with van der Waals surface area (Å²) in [7, 11) is 0. The maximum Gasteiger partial charge on any atom is 0.418 e. The number of carbonyl (C=O) groups excluding carboxylic acids is 1. The second kappa shape index (κ2) is 8.75. The monoisotopic (exact) mass is 429 g/mol. The molecular weight excluding hydrogens is 407 g/mol. The van der Waals surface area contributed by atoms with Gasteiger partial charge >= 0.3 is 6.18 Å². The van der Waals surface area contributed by atoms with Crippen molar-refractivity contribution in [2.24, 2.45) is 0 Å². The number of hydrogen-bond acceptors (Lipinski definition) is 3. The molecule has 0 radical (unpaired) electrons. The number of para-hydroxylation sites is 1. The highest BCUT2D eigenvalue weighted by atomic mass is 19.4. The summed E-state index contributed by atoms with van der Waals surface area (Å²) in [6.07, 6.45) is -4.45. The third-order valence-electron chi connectivity index (χ3n) is 4.97. The molecule has 3 rings (SSSR count). The Kier molecular flexibility index (Phi) is 6.29. The summed E-state index contributed by atoms with van der Waals surface area (Å²) < 4.78 is 40.8. The van der Waals surface area contributed by atoms with Crippen molar-refractivity contribution in [1.29, 1.82) is 0 Å². The van der Waals surface area contributed by atoms with Crippen LogP contribution < -0.4 is 10.9 Å². The molecule has 0 saturated carbocycles. The Morgan fingerprint density at radius 1 is 1.10 bits per heavy atom. The maximum atomic E-state index is 13.3. The molecule has 0 saturated heterocycles. The SMILES string of the molecule is CCC(C(=O)Nc1ccccc1C(F)(F)F)n1nc(-c2cc(C)ccc2C)ccc1=O. The van der Waals surface area contributed by atoms with E-state index in [0.29, 0.717) is 5.69 Å². The Morgan fingerprint density at radius 3 is 2.48 bits per heavy atom. The van der Waals surface area contributed by atoms with Crippen LogP contribution in [-0.4, -0.2) is 15.7 Å². The van der Waals surface area contributed by atoms with Gasteiger partial charge in [0.15, 0.2) is 0 Å². The molecule has 1 atom stereocenters. The largest absolute Gasteiger partial charge is 0.418 e. The van der Waals surface area contributed by atoms with Crippen LogP contribution in [0.3, 0.4) is 0 Å². The van der Waals surface area contributed by atoms with Gasteiger partial charge in [-0.15, -0.1) is 0 Å². The fourth-order valence-corrected chi connectivity index (χ4v) is 3.33. The van der Waals surface area contributed by atoms with Gasteiger partial charge in [-0.2, -0.15) is 18.3 Å². The summed E-state index contributed by atoms with van der Waals surface area (Å²) in [5, 5.41) is 6.69. The van der Waals surface area contributed by atoms with E-state index in [0.717, 1.165) is 27.4 Å². The van der Waals surface area contributed by atoms with Crippen molar-refractivity contribution in [3.63, 3.8) is 0 Å². The summed E-state index contributed by atoms with van der Waals surface area (Å²) in [5.74, 6) is -0.744. The van der Waals surface area contributed by atoms with E-state index < -0.39 is 29.2 Å². The fourth-order valence-electron chi connectivity index (χ4n) is 3.33. The van der Waals surface area contributed by atoms with E-state index in [1.807, 2.05) is 32.0 Å². The molecule has 1 amide bonds. The van der Waals surface area contributed by atoms with E-state index in [9.17, 15) is 22.8 Å². The van der Waals surface area contributed by atoms with Crippen molar-refractivity contribution in [3.05, 3.63) is 81.6 Å². The molecule has 0 fully saturated rings. The molecule has 31 heavy (non-hydrogen) atoms. The summed E-state index contributed by atoms with van der Waals surface area (Å²) >= 11 is 0. The number of carbonyl (C=O) groups is 1. The molecule has 5 nitrogen and oxygen atoms in total. The Hall–Kier alpha value is -3.42. The van der Waals surface area contributed by atoms with E-state index in [-0.39, 0.29) is 12.1 Å². The lowest BCUT2D eigenvalue weighted by atomic mass is 10.0. The van der Waals surface area contributed by atoms with Crippen molar-refractivity contribution < 1.29 is 18.0 Å². The van der Waals surface area contributed by atoms with E-state index >= 15 is 0 Å². The van der Waals surface area contributed by atoms with Crippen LogP contribution in [-0.2, 0) is 11.0 Å². The Balaban J connectivity index is 1.99. The molecule has 8 heteroatoms. The average Bonchev–Trinajstić information content (AvgIpc) is 2.71. The predicted octanol–water partition coefficient (Wildman–Crippen LogP) is 5.14. The van der Waals surface area contributed by atoms with Crippen LogP contribution in [0.25, 0.3) is 11.3 Å². The number of aromatic nitrogens is 2. The van der Waals surface area contributed by atoms with Crippen molar-refractivity contribution in [2.75, 3.05) is 5.32 Å². The molecule has 1 N–H and O–H groups in total. The molecule has 3 aromatic rings. The molecule has 0 bridgehead atoms. The minimum Gasteiger partial charge on any atom is -0.324 e. The number of rotatable bonds is 5. The third kappa shape index (κ3) is 4.84. The number of nitrogens with zero attached hydrogens (tertiary/aromatic N) is 2. The number of benzene rings is 2. The van der Waals surface area contributed by atoms with Gasteiger partial charge in [-0.05, 0) is 50.1 Å². The van der Waals surface area contributed by atoms with E-state index in [4.69, 9.17) is 0 Å². The number of halogens is 3. The minimum absolute atomic E-state index is 0.170. The highest BCUT2D eigenvalue weighted by Crippen LogP contribution is 2.35. The minimum atomic E-state index is -4.62. The third-order valence-corrected chi connectivity index (χ3v) is 4.97. The molecule has 0 spiro atoms. The molecule has 1 heterocycles. The second-order valence-corrected chi connectivity index (χ2v) is 7.28. The normalized spacial score (nSPS) is 12.5. The lowest BCUT2D eigenvalue weighted by molar-refractivity contribution is -0.137. The topological polar surface area (TPSA) is 64.0 Å². The van der Waals surface area contributed by atoms with Gasteiger partial charge in [0.2, 0.25) is 5.91 Å². The molecule has 2 aromatic carbocycles. The fraction of sp³-hybridized carbons (Fsp3) is 0.261. The van der Waals surface area contributed by atoms with E-state index in [2.05, 4.69) is 10.4 Å². The molecule has 1 aromatic heterocycles. The zero-order chi connectivity index (χ0) is 22.8. The zero-order valence-electron chi connectivity index (χ0n) is 17.3. The van der Waals surface area contributed by atoms with E-state index in [1.165, 1.54) is 24.3 Å². The zero-order valence-corrected chi connectivity index (χ0v) is 17.3. The highest BCUT2D eigenvalue weighted by Gasteiger charge is 2.34. The quantitative estimate of drug-likeness (QED) is 0.611. The van der Waals surface area contributed by atoms with Crippen molar-refractivity contribution >= 4 is 11.6 Å². The van der Waals surface area contributed by atoms with Gasteiger partial charge in [-0.1, -0.05) is 36.8 Å². The molecule has 0 aliphatic carbocycles. The lowest BCUT2D eigenvalue weighted by Crippen LogP contribution is -2.35. The summed E-state index contributed by atoms with van der Waals surface area (Å²) in [5.41, 5.74) is 1.43. The Bertz CT molecular complexity index is 1170. The van der Waals surface area contributed by atoms with Gasteiger partial charge < -0.3 is 5.32 Å². The van der Waals surface area contributed by atoms with Gasteiger partial charge in [0.1, 0.15) is 6.04 Å². The first-order chi connectivity index (χ1) is 14.6. The van der Waals surface area contributed by atoms with Gasteiger partial charge in [0.05, 0.1) is 16.9 Å². The van der Waals surface area contributed by atoms with Crippen LogP contribution in [0, 0.1) is 13.8 Å². The van der Waals surface area contributed by atoms with Crippen molar-refractivity contribution in [1.82, 2.24) is 9.78 Å². The summed E-state index contributed by atoms with van der Waals surface area (Å²) in [6.45, 7) is 5.50. The average molecular weight is 429 g/mol. The number of aryl methyl sites for hydroxylation is 2. The molecule has 0 aliphatic heterocycles. The van der Waals surface area contributed by atoms with Crippen LogP contribution in [0.4, 0.5) is 18.9 Å². The predicted molar refractivity (Wildman–Crippen MR) is 113 cm³/mol. The van der Waals surface area contributed by atoms with E-state index in [1.54, 1.807) is 13.0 Å². The molecular formula is C23H22F3N3O2. The second-order valence-electron chi connectivity index (χ2n) is 7.28. The van der Waals surface area contributed by atoms with Gasteiger partial charge in [-0.3, -0.25) is 9.59 Å².